The molecule has 4 heteroatoms. The van der Waals surface area contributed by atoms with Crippen molar-refractivity contribution in [1.29, 1.82) is 0 Å². The average molecular weight is 239 g/mol. The van der Waals surface area contributed by atoms with Gasteiger partial charge in [0.1, 0.15) is 0 Å². The van der Waals surface area contributed by atoms with E-state index < -0.39 is 0 Å². The van der Waals surface area contributed by atoms with Crippen LogP contribution in [-0.4, -0.2) is 49.6 Å². The highest BCUT2D eigenvalue weighted by atomic mass is 16.1. The molecule has 1 amide bonds. The molecular weight excluding hydrogens is 214 g/mol. The first-order valence-electron chi connectivity index (χ1n) is 6.90. The molecule has 2 aliphatic heterocycles. The first-order chi connectivity index (χ1) is 8.16. The average Bonchev–Trinajstić information content (AvgIpc) is 2.67. The molecule has 0 aliphatic carbocycles. The molecule has 17 heavy (non-hydrogen) atoms. The van der Waals surface area contributed by atoms with Gasteiger partial charge in [0.25, 0.3) is 0 Å². The van der Waals surface area contributed by atoms with Crippen molar-refractivity contribution < 1.29 is 4.79 Å². The number of nitrogens with zero attached hydrogens (tertiary/aromatic N) is 1. The van der Waals surface area contributed by atoms with Gasteiger partial charge in [-0.3, -0.25) is 4.79 Å². The third kappa shape index (κ3) is 3.42. The summed E-state index contributed by atoms with van der Waals surface area (Å²) in [4.78, 5) is 14.4. The fourth-order valence-electron chi connectivity index (χ4n) is 2.65. The Hall–Kier alpha value is -0.610. The molecule has 2 heterocycles. The third-order valence-corrected chi connectivity index (χ3v) is 4.05. The van der Waals surface area contributed by atoms with Gasteiger partial charge in [0.05, 0.1) is 0 Å². The van der Waals surface area contributed by atoms with Crippen LogP contribution in [0.25, 0.3) is 0 Å². The SMILES string of the molecule is CC(CN1CCCC1)NC(=O)C(C)C1CNC1. The van der Waals surface area contributed by atoms with Gasteiger partial charge < -0.3 is 15.5 Å². The molecule has 2 atom stereocenters. The Bertz CT molecular complexity index is 259. The molecule has 2 saturated heterocycles. The summed E-state index contributed by atoms with van der Waals surface area (Å²) in [5.74, 6) is 0.912. The summed E-state index contributed by atoms with van der Waals surface area (Å²) in [6.07, 6.45) is 2.62. The highest BCUT2D eigenvalue weighted by Gasteiger charge is 2.29. The second-order valence-corrected chi connectivity index (χ2v) is 5.62. The lowest BCUT2D eigenvalue weighted by molar-refractivity contribution is -0.127. The lowest BCUT2D eigenvalue weighted by Crippen LogP contribution is -2.51. The smallest absolute Gasteiger partial charge is 0.223 e. The maximum atomic E-state index is 12.0. The lowest BCUT2D eigenvalue weighted by atomic mass is 9.88. The zero-order chi connectivity index (χ0) is 12.3. The maximum Gasteiger partial charge on any atom is 0.223 e. The van der Waals surface area contributed by atoms with Gasteiger partial charge in [-0.2, -0.15) is 0 Å². The van der Waals surface area contributed by atoms with E-state index in [4.69, 9.17) is 0 Å². The van der Waals surface area contributed by atoms with Crippen molar-refractivity contribution in [2.45, 2.75) is 32.7 Å². The van der Waals surface area contributed by atoms with E-state index >= 15 is 0 Å². The van der Waals surface area contributed by atoms with E-state index in [1.165, 1.54) is 25.9 Å². The molecule has 0 aromatic rings. The fourth-order valence-corrected chi connectivity index (χ4v) is 2.65. The number of hydrogen-bond donors (Lipinski definition) is 2. The van der Waals surface area contributed by atoms with Crippen LogP contribution in [0.4, 0.5) is 0 Å². The molecule has 0 aromatic carbocycles. The quantitative estimate of drug-likeness (QED) is 0.732. The van der Waals surface area contributed by atoms with Gasteiger partial charge in [0, 0.05) is 18.5 Å². The van der Waals surface area contributed by atoms with Crippen LogP contribution in [0.15, 0.2) is 0 Å². The van der Waals surface area contributed by atoms with E-state index in [0.717, 1.165) is 19.6 Å². The second kappa shape index (κ2) is 5.83. The minimum absolute atomic E-state index is 0.150. The first kappa shape index (κ1) is 12.8. The second-order valence-electron chi connectivity index (χ2n) is 5.62. The van der Waals surface area contributed by atoms with E-state index in [-0.39, 0.29) is 17.9 Å². The Balaban J connectivity index is 1.69. The van der Waals surface area contributed by atoms with Crippen LogP contribution >= 0.6 is 0 Å². The third-order valence-electron chi connectivity index (χ3n) is 4.05. The largest absolute Gasteiger partial charge is 0.352 e. The molecule has 2 rings (SSSR count). The predicted octanol–water partition coefficient (Wildman–Crippen LogP) is 0.442. The van der Waals surface area contributed by atoms with Gasteiger partial charge in [-0.25, -0.2) is 0 Å². The van der Waals surface area contributed by atoms with Crippen LogP contribution in [0.5, 0.6) is 0 Å². The Kier molecular flexibility index (Phi) is 4.40. The number of rotatable bonds is 5. The molecule has 0 spiro atoms. The van der Waals surface area contributed by atoms with Gasteiger partial charge in [-0.15, -0.1) is 0 Å². The predicted molar refractivity (Wildman–Crippen MR) is 68.8 cm³/mol. The highest BCUT2D eigenvalue weighted by Crippen LogP contribution is 2.16. The summed E-state index contributed by atoms with van der Waals surface area (Å²) < 4.78 is 0. The highest BCUT2D eigenvalue weighted by molar-refractivity contribution is 5.79. The van der Waals surface area contributed by atoms with Crippen molar-refractivity contribution in [2.75, 3.05) is 32.7 Å². The van der Waals surface area contributed by atoms with Crippen molar-refractivity contribution >= 4 is 5.91 Å². The summed E-state index contributed by atoms with van der Waals surface area (Å²) in [5.41, 5.74) is 0. The van der Waals surface area contributed by atoms with Crippen LogP contribution in [0.1, 0.15) is 26.7 Å². The minimum Gasteiger partial charge on any atom is -0.352 e. The summed E-state index contributed by atoms with van der Waals surface area (Å²) in [6, 6.07) is 0.274. The van der Waals surface area contributed by atoms with Crippen molar-refractivity contribution in [3.05, 3.63) is 0 Å². The Morgan fingerprint density at radius 3 is 2.53 bits per heavy atom. The zero-order valence-corrected chi connectivity index (χ0v) is 11.0. The molecule has 2 fully saturated rings. The van der Waals surface area contributed by atoms with Crippen LogP contribution in [-0.2, 0) is 4.79 Å². The molecule has 0 saturated carbocycles. The van der Waals surface area contributed by atoms with Gasteiger partial charge >= 0.3 is 0 Å². The van der Waals surface area contributed by atoms with Gasteiger partial charge in [-0.1, -0.05) is 6.92 Å². The summed E-state index contributed by atoms with van der Waals surface area (Å²) in [7, 11) is 0. The summed E-state index contributed by atoms with van der Waals surface area (Å²) in [6.45, 7) is 9.54. The molecule has 4 nitrogen and oxygen atoms in total. The Morgan fingerprint density at radius 1 is 1.35 bits per heavy atom. The standard InChI is InChI=1S/C13H25N3O/c1-10(9-16-5-3-4-6-16)15-13(17)11(2)12-7-14-8-12/h10-12,14H,3-9H2,1-2H3,(H,15,17). The maximum absolute atomic E-state index is 12.0. The topological polar surface area (TPSA) is 44.4 Å². The molecule has 2 unspecified atom stereocenters. The molecule has 0 radical (unpaired) electrons. The summed E-state index contributed by atoms with van der Waals surface area (Å²) >= 11 is 0. The van der Waals surface area contributed by atoms with E-state index in [0.29, 0.717) is 5.92 Å². The normalized spacial score (nSPS) is 25.3. The number of carbonyl (C=O) groups excluding carboxylic acids is 1. The van der Waals surface area contributed by atoms with Crippen molar-refractivity contribution in [2.24, 2.45) is 11.8 Å². The molecule has 0 aromatic heterocycles. The number of likely N-dealkylation sites (tertiary alicyclic amines) is 1. The van der Waals surface area contributed by atoms with Gasteiger partial charge in [-0.05, 0) is 51.9 Å². The fraction of sp³-hybridized carbons (Fsp3) is 0.923. The van der Waals surface area contributed by atoms with E-state index in [1.54, 1.807) is 0 Å². The summed E-state index contributed by atoms with van der Waals surface area (Å²) in [5, 5.41) is 6.37. The van der Waals surface area contributed by atoms with Crippen LogP contribution in [0, 0.1) is 11.8 Å². The van der Waals surface area contributed by atoms with Gasteiger partial charge in [0.2, 0.25) is 5.91 Å². The van der Waals surface area contributed by atoms with Gasteiger partial charge in [0.15, 0.2) is 0 Å². The van der Waals surface area contributed by atoms with Crippen LogP contribution < -0.4 is 10.6 Å². The van der Waals surface area contributed by atoms with E-state index in [9.17, 15) is 4.79 Å². The molecule has 0 bridgehead atoms. The monoisotopic (exact) mass is 239 g/mol. The molecule has 98 valence electrons. The van der Waals surface area contributed by atoms with E-state index in [1.807, 2.05) is 6.92 Å². The van der Waals surface area contributed by atoms with Crippen molar-refractivity contribution in [3.63, 3.8) is 0 Å². The molecular formula is C13H25N3O. The molecule has 2 aliphatic rings. The zero-order valence-electron chi connectivity index (χ0n) is 11.0. The number of hydrogen-bond acceptors (Lipinski definition) is 3. The van der Waals surface area contributed by atoms with Crippen LogP contribution in [0.3, 0.4) is 0 Å². The number of amides is 1. The van der Waals surface area contributed by atoms with Crippen molar-refractivity contribution in [1.82, 2.24) is 15.5 Å². The van der Waals surface area contributed by atoms with Crippen LogP contribution in [0.2, 0.25) is 0 Å². The number of carbonyl (C=O) groups is 1. The lowest BCUT2D eigenvalue weighted by Gasteiger charge is -2.32. The van der Waals surface area contributed by atoms with E-state index in [2.05, 4.69) is 22.5 Å². The van der Waals surface area contributed by atoms with Crippen molar-refractivity contribution in [3.8, 4) is 0 Å². The first-order valence-corrected chi connectivity index (χ1v) is 6.90. The molecule has 2 N–H and O–H groups in total. The minimum atomic E-state index is 0.150. The Morgan fingerprint density at radius 2 is 2.00 bits per heavy atom. The number of nitrogens with one attached hydrogen (secondary N) is 2. The Labute approximate surface area is 104 Å².